The van der Waals surface area contributed by atoms with E-state index < -0.39 is 0 Å². The average Bonchev–Trinajstić information content (AvgIpc) is 2.40. The van der Waals surface area contributed by atoms with E-state index in [0.29, 0.717) is 0 Å². The van der Waals surface area contributed by atoms with E-state index in [2.05, 4.69) is 72.0 Å². The largest absolute Gasteiger partial charge is 0.324 e. The van der Waals surface area contributed by atoms with Crippen LogP contribution in [0, 0.1) is 3.57 Å². The van der Waals surface area contributed by atoms with Gasteiger partial charge in [-0.3, -0.25) is 0 Å². The van der Waals surface area contributed by atoms with Crippen LogP contribution in [0.1, 0.15) is 29.7 Å². The molecule has 18 heavy (non-hydrogen) atoms. The van der Waals surface area contributed by atoms with E-state index in [1.165, 1.54) is 20.3 Å². The van der Waals surface area contributed by atoms with Crippen molar-refractivity contribution in [1.29, 1.82) is 0 Å². The molecule has 1 unspecified atom stereocenters. The predicted molar refractivity (Wildman–Crippen MR) is 85.6 cm³/mol. The Morgan fingerprint density at radius 2 is 1.61 bits per heavy atom. The van der Waals surface area contributed by atoms with Crippen molar-refractivity contribution in [2.24, 2.45) is 5.73 Å². The van der Waals surface area contributed by atoms with E-state index in [9.17, 15) is 0 Å². The minimum absolute atomic E-state index is 0.0746. The molecule has 0 aliphatic rings. The van der Waals surface area contributed by atoms with Gasteiger partial charge < -0.3 is 5.73 Å². The first-order valence-electron chi connectivity index (χ1n) is 6.28. The standard InChI is InChI=1S/C16H18IN/c1-2-12-7-9-13(10-8-12)11-16(18)14-5-3-4-6-15(14)17/h3-10,16H,2,11,18H2,1H3. The summed E-state index contributed by atoms with van der Waals surface area (Å²) in [5, 5.41) is 0. The molecule has 0 fully saturated rings. The van der Waals surface area contributed by atoms with E-state index >= 15 is 0 Å². The normalized spacial score (nSPS) is 12.4. The minimum Gasteiger partial charge on any atom is -0.324 e. The van der Waals surface area contributed by atoms with Crippen LogP contribution < -0.4 is 5.73 Å². The summed E-state index contributed by atoms with van der Waals surface area (Å²) in [5.74, 6) is 0. The van der Waals surface area contributed by atoms with Crippen LogP contribution in [-0.4, -0.2) is 0 Å². The highest BCUT2D eigenvalue weighted by Crippen LogP contribution is 2.21. The van der Waals surface area contributed by atoms with E-state index in [0.717, 1.165) is 12.8 Å². The van der Waals surface area contributed by atoms with Crippen molar-refractivity contribution in [3.8, 4) is 0 Å². The SMILES string of the molecule is CCc1ccc(CC(N)c2ccccc2I)cc1. The zero-order valence-electron chi connectivity index (χ0n) is 10.6. The lowest BCUT2D eigenvalue weighted by molar-refractivity contribution is 0.718. The molecule has 2 N–H and O–H groups in total. The second-order valence-corrected chi connectivity index (χ2v) is 5.66. The van der Waals surface area contributed by atoms with Gasteiger partial charge in [0.1, 0.15) is 0 Å². The summed E-state index contributed by atoms with van der Waals surface area (Å²) in [4.78, 5) is 0. The number of hydrogen-bond acceptors (Lipinski definition) is 1. The van der Waals surface area contributed by atoms with Gasteiger partial charge in [-0.15, -0.1) is 0 Å². The van der Waals surface area contributed by atoms with Crippen LogP contribution in [-0.2, 0) is 12.8 Å². The van der Waals surface area contributed by atoms with Gasteiger partial charge in [-0.05, 0) is 58.2 Å². The first-order valence-corrected chi connectivity index (χ1v) is 7.36. The van der Waals surface area contributed by atoms with Gasteiger partial charge >= 0.3 is 0 Å². The van der Waals surface area contributed by atoms with Gasteiger partial charge in [0, 0.05) is 9.61 Å². The highest BCUT2D eigenvalue weighted by atomic mass is 127. The van der Waals surface area contributed by atoms with E-state index in [4.69, 9.17) is 5.73 Å². The van der Waals surface area contributed by atoms with E-state index in [1.54, 1.807) is 0 Å². The van der Waals surface area contributed by atoms with Crippen LogP contribution in [0.4, 0.5) is 0 Å². The number of benzene rings is 2. The molecular weight excluding hydrogens is 333 g/mol. The first kappa shape index (κ1) is 13.6. The molecule has 1 atom stereocenters. The third-order valence-corrected chi connectivity index (χ3v) is 4.17. The van der Waals surface area contributed by atoms with Crippen LogP contribution in [0.2, 0.25) is 0 Å². The molecule has 0 aliphatic carbocycles. The second-order valence-electron chi connectivity index (χ2n) is 4.50. The summed E-state index contributed by atoms with van der Waals surface area (Å²) >= 11 is 2.35. The maximum atomic E-state index is 6.29. The Kier molecular flexibility index (Phi) is 4.78. The third kappa shape index (κ3) is 3.33. The van der Waals surface area contributed by atoms with Crippen LogP contribution in [0.15, 0.2) is 48.5 Å². The molecule has 0 aliphatic heterocycles. The fourth-order valence-electron chi connectivity index (χ4n) is 2.05. The van der Waals surface area contributed by atoms with E-state index in [-0.39, 0.29) is 6.04 Å². The molecule has 0 amide bonds. The number of aryl methyl sites for hydroxylation is 1. The lowest BCUT2D eigenvalue weighted by Gasteiger charge is -2.14. The van der Waals surface area contributed by atoms with Crippen molar-refractivity contribution < 1.29 is 0 Å². The number of rotatable bonds is 4. The summed E-state index contributed by atoms with van der Waals surface area (Å²) in [6, 6.07) is 17.2. The van der Waals surface area contributed by atoms with Gasteiger partial charge in [-0.25, -0.2) is 0 Å². The van der Waals surface area contributed by atoms with Crippen LogP contribution in [0.3, 0.4) is 0 Å². The summed E-state index contributed by atoms with van der Waals surface area (Å²) in [6.45, 7) is 2.17. The molecule has 2 heteroatoms. The maximum absolute atomic E-state index is 6.29. The molecule has 94 valence electrons. The summed E-state index contributed by atoms with van der Waals surface area (Å²) in [6.07, 6.45) is 1.98. The van der Waals surface area contributed by atoms with Crippen molar-refractivity contribution in [3.63, 3.8) is 0 Å². The smallest absolute Gasteiger partial charge is 0.0346 e. The van der Waals surface area contributed by atoms with Gasteiger partial charge in [-0.1, -0.05) is 49.4 Å². The molecule has 1 nitrogen and oxygen atoms in total. The molecule has 2 aromatic rings. The van der Waals surface area contributed by atoms with Gasteiger partial charge in [0.2, 0.25) is 0 Å². The Morgan fingerprint density at radius 1 is 1.00 bits per heavy atom. The Morgan fingerprint density at radius 3 is 2.22 bits per heavy atom. The Bertz CT molecular complexity index is 505. The molecule has 0 aromatic heterocycles. The molecule has 2 aromatic carbocycles. The molecule has 0 saturated carbocycles. The topological polar surface area (TPSA) is 26.0 Å². The quantitative estimate of drug-likeness (QED) is 0.825. The highest BCUT2D eigenvalue weighted by Gasteiger charge is 2.09. The monoisotopic (exact) mass is 351 g/mol. The van der Waals surface area contributed by atoms with Crippen LogP contribution in [0.25, 0.3) is 0 Å². The van der Waals surface area contributed by atoms with Crippen molar-refractivity contribution in [2.45, 2.75) is 25.8 Å². The Hall–Kier alpha value is -0.870. The molecular formula is C16H18IN. The lowest BCUT2D eigenvalue weighted by Crippen LogP contribution is -2.14. The summed E-state index contributed by atoms with van der Waals surface area (Å²) in [5.41, 5.74) is 10.2. The lowest BCUT2D eigenvalue weighted by atomic mass is 9.99. The van der Waals surface area contributed by atoms with Gasteiger partial charge in [0.05, 0.1) is 0 Å². The van der Waals surface area contributed by atoms with Gasteiger partial charge in [0.25, 0.3) is 0 Å². The summed E-state index contributed by atoms with van der Waals surface area (Å²) < 4.78 is 1.24. The molecule has 2 rings (SSSR count). The molecule has 0 saturated heterocycles. The van der Waals surface area contributed by atoms with Gasteiger partial charge in [0.15, 0.2) is 0 Å². The fourth-order valence-corrected chi connectivity index (χ4v) is 2.84. The Labute approximate surface area is 123 Å². The predicted octanol–water partition coefficient (Wildman–Crippen LogP) is 4.10. The fraction of sp³-hybridized carbons (Fsp3) is 0.250. The van der Waals surface area contributed by atoms with Crippen molar-refractivity contribution >= 4 is 22.6 Å². The number of nitrogens with two attached hydrogens (primary N) is 1. The molecule has 0 spiro atoms. The zero-order valence-corrected chi connectivity index (χ0v) is 12.7. The zero-order chi connectivity index (χ0) is 13.0. The third-order valence-electron chi connectivity index (χ3n) is 3.19. The van der Waals surface area contributed by atoms with Crippen LogP contribution >= 0.6 is 22.6 Å². The molecule has 0 radical (unpaired) electrons. The van der Waals surface area contributed by atoms with E-state index in [1.807, 2.05) is 6.07 Å². The van der Waals surface area contributed by atoms with Crippen molar-refractivity contribution in [1.82, 2.24) is 0 Å². The Balaban J connectivity index is 2.11. The number of halogens is 1. The first-order chi connectivity index (χ1) is 8.70. The average molecular weight is 351 g/mol. The number of hydrogen-bond donors (Lipinski definition) is 1. The van der Waals surface area contributed by atoms with Crippen LogP contribution in [0.5, 0.6) is 0 Å². The highest BCUT2D eigenvalue weighted by molar-refractivity contribution is 14.1. The molecule has 0 heterocycles. The minimum atomic E-state index is 0.0746. The summed E-state index contributed by atoms with van der Waals surface area (Å²) in [7, 11) is 0. The maximum Gasteiger partial charge on any atom is 0.0346 e. The van der Waals surface area contributed by atoms with Crippen molar-refractivity contribution in [2.75, 3.05) is 0 Å². The molecule has 0 bridgehead atoms. The van der Waals surface area contributed by atoms with Crippen molar-refractivity contribution in [3.05, 3.63) is 68.8 Å². The van der Waals surface area contributed by atoms with Gasteiger partial charge in [-0.2, -0.15) is 0 Å². The second kappa shape index (κ2) is 6.34.